The van der Waals surface area contributed by atoms with Crippen LogP contribution in [0.15, 0.2) is 59.8 Å². The fourth-order valence-corrected chi connectivity index (χ4v) is 4.13. The molecule has 0 fully saturated rings. The molecule has 0 radical (unpaired) electrons. The van der Waals surface area contributed by atoms with E-state index in [0.717, 1.165) is 17.1 Å². The van der Waals surface area contributed by atoms with Crippen molar-refractivity contribution in [1.82, 2.24) is 30.3 Å². The molecule has 8 nitrogen and oxygen atoms in total. The lowest BCUT2D eigenvalue weighted by Crippen LogP contribution is -2.39. The number of rotatable bonds is 7. The molecule has 3 rings (SSSR count). The normalized spacial score (nSPS) is 12.9. The van der Waals surface area contributed by atoms with Gasteiger partial charge in [-0.2, -0.15) is 0 Å². The smallest absolute Gasteiger partial charge is 0.321 e. The molecule has 0 aliphatic carbocycles. The van der Waals surface area contributed by atoms with Crippen LogP contribution in [0, 0.1) is 0 Å². The molecule has 0 aliphatic heterocycles. The van der Waals surface area contributed by atoms with Crippen LogP contribution in [-0.4, -0.2) is 52.7 Å². The quantitative estimate of drug-likeness (QED) is 0.508. The molecule has 0 bridgehead atoms. The number of benzene rings is 2. The summed E-state index contributed by atoms with van der Waals surface area (Å²) in [7, 11) is 5.38. The topological polar surface area (TPSA) is 92.2 Å². The molecule has 2 atom stereocenters. The van der Waals surface area contributed by atoms with E-state index in [-0.39, 0.29) is 6.04 Å². The monoisotopic (exact) mass is 472 g/mol. The highest BCUT2D eigenvalue weighted by molar-refractivity contribution is 8.00. The zero-order chi connectivity index (χ0) is 23.3. The first-order chi connectivity index (χ1) is 15.3. The summed E-state index contributed by atoms with van der Waals surface area (Å²) in [4.78, 5) is 26.8. The molecule has 32 heavy (non-hydrogen) atoms. The summed E-state index contributed by atoms with van der Waals surface area (Å²) >= 11 is 7.31. The van der Waals surface area contributed by atoms with Crippen molar-refractivity contribution in [3.63, 3.8) is 0 Å². The Morgan fingerprint density at radius 3 is 2.31 bits per heavy atom. The molecule has 168 valence electrons. The zero-order valence-electron chi connectivity index (χ0n) is 18.2. The van der Waals surface area contributed by atoms with E-state index in [1.807, 2.05) is 73.0 Å². The molecule has 1 heterocycles. The number of carbonyl (C=O) groups excluding carboxylic acids is 2. The van der Waals surface area contributed by atoms with Gasteiger partial charge >= 0.3 is 6.03 Å². The summed E-state index contributed by atoms with van der Waals surface area (Å²) in [5.41, 5.74) is 1.57. The van der Waals surface area contributed by atoms with Gasteiger partial charge in [0.25, 0.3) is 0 Å². The van der Waals surface area contributed by atoms with Gasteiger partial charge in [-0.15, -0.1) is 10.2 Å². The average molecular weight is 473 g/mol. The maximum absolute atomic E-state index is 13.0. The highest BCUT2D eigenvalue weighted by Crippen LogP contribution is 2.37. The fraction of sp³-hybridized carbons (Fsp3) is 0.273. The number of carbonyl (C=O) groups is 2. The number of hydrogen-bond donors (Lipinski definition) is 2. The minimum Gasteiger partial charge on any atom is -0.341 e. The zero-order valence-corrected chi connectivity index (χ0v) is 19.8. The number of nitrogens with zero attached hydrogens (tertiary/aromatic N) is 4. The molecule has 0 saturated heterocycles. The van der Waals surface area contributed by atoms with Crippen molar-refractivity contribution in [1.29, 1.82) is 0 Å². The second kappa shape index (κ2) is 10.6. The molecule has 3 aromatic rings. The lowest BCUT2D eigenvalue weighted by atomic mass is 10.1. The summed E-state index contributed by atoms with van der Waals surface area (Å²) in [6.07, 6.45) is 0. The molecule has 0 spiro atoms. The summed E-state index contributed by atoms with van der Waals surface area (Å²) in [5.74, 6) is 0.270. The number of hydrogen-bond acceptors (Lipinski definition) is 6. The van der Waals surface area contributed by atoms with Crippen LogP contribution in [-0.2, 0) is 4.79 Å². The number of halogens is 1. The number of imide groups is 1. The predicted molar refractivity (Wildman–Crippen MR) is 126 cm³/mol. The number of urea groups is 1. The second-order valence-corrected chi connectivity index (χ2v) is 8.78. The first kappa shape index (κ1) is 23.8. The van der Waals surface area contributed by atoms with Gasteiger partial charge < -0.3 is 5.32 Å². The second-order valence-electron chi connectivity index (χ2n) is 7.27. The van der Waals surface area contributed by atoms with E-state index in [1.54, 1.807) is 12.1 Å². The predicted octanol–water partition coefficient (Wildman–Crippen LogP) is 3.83. The van der Waals surface area contributed by atoms with E-state index in [0.29, 0.717) is 10.2 Å². The van der Waals surface area contributed by atoms with Gasteiger partial charge in [-0.1, -0.05) is 53.7 Å². The van der Waals surface area contributed by atoms with Gasteiger partial charge in [0.1, 0.15) is 5.25 Å². The van der Waals surface area contributed by atoms with E-state index in [1.165, 1.54) is 18.8 Å². The van der Waals surface area contributed by atoms with Gasteiger partial charge in [-0.3, -0.25) is 19.6 Å². The van der Waals surface area contributed by atoms with Gasteiger partial charge in [0.2, 0.25) is 5.91 Å². The summed E-state index contributed by atoms with van der Waals surface area (Å²) in [6.45, 7) is 2.03. The van der Waals surface area contributed by atoms with Gasteiger partial charge in [0, 0.05) is 17.8 Å². The van der Waals surface area contributed by atoms with Crippen molar-refractivity contribution in [2.75, 3.05) is 21.1 Å². The third-order valence-electron chi connectivity index (χ3n) is 4.92. The number of thioether (sulfide) groups is 1. The van der Waals surface area contributed by atoms with Crippen LogP contribution < -0.4 is 10.6 Å². The Bertz CT molecular complexity index is 1070. The lowest BCUT2D eigenvalue weighted by Gasteiger charge is -2.21. The van der Waals surface area contributed by atoms with E-state index in [9.17, 15) is 9.59 Å². The molecule has 10 heteroatoms. The Morgan fingerprint density at radius 1 is 1.06 bits per heavy atom. The highest BCUT2D eigenvalue weighted by Gasteiger charge is 2.28. The maximum Gasteiger partial charge on any atom is 0.321 e. The first-order valence-corrected chi connectivity index (χ1v) is 11.2. The minimum atomic E-state index is -0.716. The van der Waals surface area contributed by atoms with E-state index >= 15 is 0 Å². The lowest BCUT2D eigenvalue weighted by molar-refractivity contribution is -0.119. The summed E-state index contributed by atoms with van der Waals surface area (Å²) in [6, 6.07) is 16.0. The van der Waals surface area contributed by atoms with Crippen LogP contribution in [0.4, 0.5) is 4.79 Å². The third-order valence-corrected chi connectivity index (χ3v) is 6.37. The molecular weight excluding hydrogens is 448 g/mol. The molecule has 0 unspecified atom stereocenters. The standard InChI is InChI=1S/C22H25ClN6O2S/c1-14(28(3)4)19-26-27-22(29(19)17-12-10-16(23)11-13-17)32-18(15-8-6-5-7-9-15)20(30)25-21(31)24-2/h5-14,18H,1-4H3,(H2,24,25,30,31)/t14-,18-/m1/s1. The van der Waals surface area contributed by atoms with Gasteiger partial charge in [-0.05, 0) is 50.8 Å². The van der Waals surface area contributed by atoms with Crippen LogP contribution in [0.25, 0.3) is 5.69 Å². The molecule has 2 N–H and O–H groups in total. The average Bonchev–Trinajstić information content (AvgIpc) is 3.21. The molecule has 0 saturated carbocycles. The van der Waals surface area contributed by atoms with Crippen LogP contribution in [0.3, 0.4) is 0 Å². The Kier molecular flexibility index (Phi) is 7.89. The van der Waals surface area contributed by atoms with Gasteiger partial charge in [-0.25, -0.2) is 4.79 Å². The third kappa shape index (κ3) is 5.48. The van der Waals surface area contributed by atoms with Crippen molar-refractivity contribution in [3.8, 4) is 5.69 Å². The summed E-state index contributed by atoms with van der Waals surface area (Å²) in [5, 5.41) is 14.0. The number of aromatic nitrogens is 3. The van der Waals surface area contributed by atoms with Crippen molar-refractivity contribution in [3.05, 3.63) is 71.0 Å². The molecule has 1 aromatic heterocycles. The van der Waals surface area contributed by atoms with Crippen molar-refractivity contribution >= 4 is 35.3 Å². The molecular formula is C22H25ClN6O2S. The Labute approximate surface area is 196 Å². The van der Waals surface area contributed by atoms with Gasteiger partial charge in [0.15, 0.2) is 11.0 Å². The van der Waals surface area contributed by atoms with Crippen LogP contribution >= 0.6 is 23.4 Å². The Morgan fingerprint density at radius 2 is 1.72 bits per heavy atom. The van der Waals surface area contributed by atoms with Crippen molar-refractivity contribution in [2.45, 2.75) is 23.4 Å². The minimum absolute atomic E-state index is 0.0394. The maximum atomic E-state index is 13.0. The van der Waals surface area contributed by atoms with Crippen LogP contribution in [0.2, 0.25) is 5.02 Å². The van der Waals surface area contributed by atoms with E-state index < -0.39 is 17.2 Å². The van der Waals surface area contributed by atoms with E-state index in [4.69, 9.17) is 11.6 Å². The summed E-state index contributed by atoms with van der Waals surface area (Å²) < 4.78 is 1.91. The number of nitrogens with one attached hydrogen (secondary N) is 2. The van der Waals surface area contributed by atoms with Crippen LogP contribution in [0.5, 0.6) is 0 Å². The highest BCUT2D eigenvalue weighted by atomic mass is 35.5. The van der Waals surface area contributed by atoms with Crippen molar-refractivity contribution in [2.24, 2.45) is 0 Å². The fourth-order valence-electron chi connectivity index (χ4n) is 2.94. The number of amides is 3. The largest absolute Gasteiger partial charge is 0.341 e. The SMILES string of the molecule is CNC(=O)NC(=O)[C@H](Sc1nnc([C@@H](C)N(C)C)n1-c1ccc(Cl)cc1)c1ccccc1. The van der Waals surface area contributed by atoms with E-state index in [2.05, 4.69) is 20.8 Å². The molecule has 2 aromatic carbocycles. The molecule has 3 amide bonds. The Hall–Kier alpha value is -2.88. The Balaban J connectivity index is 2.06. The van der Waals surface area contributed by atoms with Crippen molar-refractivity contribution < 1.29 is 9.59 Å². The van der Waals surface area contributed by atoms with Crippen LogP contribution in [0.1, 0.15) is 29.6 Å². The first-order valence-electron chi connectivity index (χ1n) is 9.93. The van der Waals surface area contributed by atoms with Gasteiger partial charge in [0.05, 0.1) is 6.04 Å². The molecule has 0 aliphatic rings.